The van der Waals surface area contributed by atoms with E-state index in [9.17, 15) is 0 Å². The lowest BCUT2D eigenvalue weighted by atomic mass is 9.89. The van der Waals surface area contributed by atoms with Gasteiger partial charge in [0.2, 0.25) is 0 Å². The van der Waals surface area contributed by atoms with Gasteiger partial charge < -0.3 is 0 Å². The molecule has 2 rings (SSSR count). The van der Waals surface area contributed by atoms with Crippen LogP contribution in [0.15, 0.2) is 9.89 Å². The predicted octanol–water partition coefficient (Wildman–Crippen LogP) is 3.53. The molecule has 1 aliphatic carbocycles. The van der Waals surface area contributed by atoms with Crippen LogP contribution < -0.4 is 0 Å². The molecule has 1 saturated carbocycles. The van der Waals surface area contributed by atoms with E-state index in [1.165, 1.54) is 30.2 Å². The summed E-state index contributed by atoms with van der Waals surface area (Å²) in [4.78, 5) is 0. The Hall–Kier alpha value is 0.570. The molecular weight excluding hydrogens is 208 g/mol. The highest BCUT2D eigenvalue weighted by Crippen LogP contribution is 2.46. The van der Waals surface area contributed by atoms with Gasteiger partial charge in [-0.05, 0) is 18.2 Å². The van der Waals surface area contributed by atoms with Crippen molar-refractivity contribution in [3.63, 3.8) is 0 Å². The van der Waals surface area contributed by atoms with E-state index >= 15 is 0 Å². The lowest BCUT2D eigenvalue weighted by Crippen LogP contribution is -2.17. The SMILES string of the molecule is BrC1=CSC2CCCCC12. The van der Waals surface area contributed by atoms with Gasteiger partial charge >= 0.3 is 0 Å². The first-order chi connectivity index (χ1) is 4.88. The van der Waals surface area contributed by atoms with Gasteiger partial charge in [-0.1, -0.05) is 28.8 Å². The topological polar surface area (TPSA) is 0 Å². The van der Waals surface area contributed by atoms with E-state index in [4.69, 9.17) is 0 Å². The third-order valence-corrected chi connectivity index (χ3v) is 4.84. The van der Waals surface area contributed by atoms with E-state index in [2.05, 4.69) is 21.3 Å². The lowest BCUT2D eigenvalue weighted by molar-refractivity contribution is 0.434. The summed E-state index contributed by atoms with van der Waals surface area (Å²) in [6.07, 6.45) is 5.72. The third kappa shape index (κ3) is 1.16. The zero-order valence-corrected chi connectivity index (χ0v) is 8.25. The molecule has 10 heavy (non-hydrogen) atoms. The monoisotopic (exact) mass is 218 g/mol. The van der Waals surface area contributed by atoms with Crippen LogP contribution in [0, 0.1) is 5.92 Å². The molecule has 2 aliphatic rings. The molecule has 0 radical (unpaired) electrons. The van der Waals surface area contributed by atoms with Gasteiger partial charge in [0.25, 0.3) is 0 Å². The van der Waals surface area contributed by atoms with Crippen molar-refractivity contribution in [1.82, 2.24) is 0 Å². The van der Waals surface area contributed by atoms with Crippen molar-refractivity contribution in [2.75, 3.05) is 0 Å². The van der Waals surface area contributed by atoms with Gasteiger partial charge in [0.05, 0.1) is 0 Å². The normalized spacial score (nSPS) is 39.1. The first-order valence-electron chi connectivity index (χ1n) is 3.89. The summed E-state index contributed by atoms with van der Waals surface area (Å²) < 4.78 is 1.46. The van der Waals surface area contributed by atoms with Crippen molar-refractivity contribution in [2.45, 2.75) is 30.9 Å². The Bertz CT molecular complexity index is 165. The highest BCUT2D eigenvalue weighted by atomic mass is 79.9. The van der Waals surface area contributed by atoms with E-state index in [-0.39, 0.29) is 0 Å². The molecule has 0 nitrogen and oxygen atoms in total. The smallest absolute Gasteiger partial charge is 0.0163 e. The van der Waals surface area contributed by atoms with Crippen molar-refractivity contribution in [3.8, 4) is 0 Å². The number of rotatable bonds is 0. The molecular formula is C8H11BrS. The second-order valence-corrected chi connectivity index (χ2v) is 5.10. The van der Waals surface area contributed by atoms with E-state index in [0.29, 0.717) is 0 Å². The lowest BCUT2D eigenvalue weighted by Gasteiger charge is -2.24. The molecule has 2 atom stereocenters. The average molecular weight is 219 g/mol. The molecule has 0 N–H and O–H groups in total. The van der Waals surface area contributed by atoms with Gasteiger partial charge in [-0.25, -0.2) is 0 Å². The second-order valence-electron chi connectivity index (χ2n) is 3.07. The van der Waals surface area contributed by atoms with Crippen LogP contribution in [0.3, 0.4) is 0 Å². The van der Waals surface area contributed by atoms with Gasteiger partial charge in [0.1, 0.15) is 0 Å². The van der Waals surface area contributed by atoms with Crippen LogP contribution in [0.25, 0.3) is 0 Å². The average Bonchev–Trinajstić information content (AvgIpc) is 2.34. The molecule has 0 spiro atoms. The first kappa shape index (κ1) is 7.23. The van der Waals surface area contributed by atoms with Crippen LogP contribution in [0.4, 0.5) is 0 Å². The summed E-state index contributed by atoms with van der Waals surface area (Å²) in [6.45, 7) is 0. The predicted molar refractivity (Wildman–Crippen MR) is 50.3 cm³/mol. The molecule has 1 fully saturated rings. The summed E-state index contributed by atoms with van der Waals surface area (Å²) >= 11 is 5.65. The molecule has 2 heteroatoms. The summed E-state index contributed by atoms with van der Waals surface area (Å²) in [5, 5.41) is 3.21. The molecule has 1 heterocycles. The number of allylic oxidation sites excluding steroid dienone is 1. The van der Waals surface area contributed by atoms with Crippen LogP contribution >= 0.6 is 27.7 Å². The van der Waals surface area contributed by atoms with Gasteiger partial charge in [-0.15, -0.1) is 11.8 Å². The largest absolute Gasteiger partial charge is 0.129 e. The van der Waals surface area contributed by atoms with Crippen LogP contribution in [0.2, 0.25) is 0 Å². The number of hydrogen-bond acceptors (Lipinski definition) is 1. The Labute approximate surface area is 74.6 Å². The maximum Gasteiger partial charge on any atom is 0.0163 e. The summed E-state index contributed by atoms with van der Waals surface area (Å²) in [6, 6.07) is 0. The molecule has 0 bridgehead atoms. The van der Waals surface area contributed by atoms with Gasteiger partial charge in [-0.2, -0.15) is 0 Å². The number of halogens is 1. The number of hydrogen-bond donors (Lipinski definition) is 0. The van der Waals surface area contributed by atoms with E-state index in [0.717, 1.165) is 11.2 Å². The number of fused-ring (bicyclic) bond motifs is 1. The van der Waals surface area contributed by atoms with E-state index < -0.39 is 0 Å². The maximum absolute atomic E-state index is 3.62. The van der Waals surface area contributed by atoms with Crippen LogP contribution in [-0.4, -0.2) is 5.25 Å². The first-order valence-corrected chi connectivity index (χ1v) is 5.62. The molecule has 0 amide bonds. The molecule has 56 valence electrons. The summed E-state index contributed by atoms with van der Waals surface area (Å²) in [5.41, 5.74) is 0. The standard InChI is InChI=1S/C8H11BrS/c9-7-5-10-8-4-2-1-3-6(7)8/h5-6,8H,1-4H2. The highest BCUT2D eigenvalue weighted by molar-refractivity contribution is 9.11. The van der Waals surface area contributed by atoms with E-state index in [1.807, 2.05) is 11.8 Å². The van der Waals surface area contributed by atoms with Gasteiger partial charge in [0, 0.05) is 15.7 Å². The number of thioether (sulfide) groups is 1. The Morgan fingerprint density at radius 2 is 2.20 bits per heavy atom. The van der Waals surface area contributed by atoms with Gasteiger partial charge in [-0.3, -0.25) is 0 Å². The molecule has 0 saturated heterocycles. The minimum atomic E-state index is 0.874. The second kappa shape index (κ2) is 2.90. The quantitative estimate of drug-likeness (QED) is 0.600. The van der Waals surface area contributed by atoms with Crippen molar-refractivity contribution in [1.29, 1.82) is 0 Å². The highest BCUT2D eigenvalue weighted by Gasteiger charge is 2.30. The Morgan fingerprint density at radius 1 is 1.40 bits per heavy atom. The van der Waals surface area contributed by atoms with Gasteiger partial charge in [0.15, 0.2) is 0 Å². The van der Waals surface area contributed by atoms with Crippen LogP contribution in [0.5, 0.6) is 0 Å². The van der Waals surface area contributed by atoms with Crippen molar-refractivity contribution >= 4 is 27.7 Å². The zero-order chi connectivity index (χ0) is 6.97. The van der Waals surface area contributed by atoms with Crippen molar-refractivity contribution < 1.29 is 0 Å². The van der Waals surface area contributed by atoms with Crippen LogP contribution in [-0.2, 0) is 0 Å². The van der Waals surface area contributed by atoms with E-state index in [1.54, 1.807) is 0 Å². The molecule has 1 aliphatic heterocycles. The summed E-state index contributed by atoms with van der Waals surface area (Å²) in [5.74, 6) is 0.874. The fourth-order valence-electron chi connectivity index (χ4n) is 1.81. The Morgan fingerprint density at radius 3 is 3.00 bits per heavy atom. The molecule has 0 aromatic rings. The maximum atomic E-state index is 3.62. The van der Waals surface area contributed by atoms with Crippen LogP contribution in [0.1, 0.15) is 25.7 Å². The summed E-state index contributed by atoms with van der Waals surface area (Å²) in [7, 11) is 0. The molecule has 2 unspecified atom stereocenters. The van der Waals surface area contributed by atoms with Crippen molar-refractivity contribution in [2.24, 2.45) is 5.92 Å². The fraction of sp³-hybridized carbons (Fsp3) is 0.750. The molecule has 0 aromatic carbocycles. The minimum absolute atomic E-state index is 0.874. The third-order valence-electron chi connectivity index (χ3n) is 2.41. The Balaban J connectivity index is 2.08. The molecule has 0 aromatic heterocycles. The fourth-order valence-corrected chi connectivity index (χ4v) is 4.12. The zero-order valence-electron chi connectivity index (χ0n) is 5.85. The Kier molecular flexibility index (Phi) is 2.10. The van der Waals surface area contributed by atoms with Crippen molar-refractivity contribution in [3.05, 3.63) is 9.89 Å². The minimum Gasteiger partial charge on any atom is -0.129 e.